The van der Waals surface area contributed by atoms with Crippen LogP contribution >= 0.6 is 0 Å². The van der Waals surface area contributed by atoms with Crippen LogP contribution in [0.2, 0.25) is 0 Å². The van der Waals surface area contributed by atoms with Gasteiger partial charge in [-0.25, -0.2) is 4.98 Å². The number of fused-ring (bicyclic) bond motifs is 1. The molecule has 3 aromatic rings. The molecule has 1 aliphatic heterocycles. The number of aryl methyl sites for hydroxylation is 2. The maximum Gasteiger partial charge on any atom is 0.226 e. The summed E-state index contributed by atoms with van der Waals surface area (Å²) < 4.78 is 5.71. The van der Waals surface area contributed by atoms with E-state index < -0.39 is 0 Å². The van der Waals surface area contributed by atoms with Gasteiger partial charge in [-0.15, -0.1) is 0 Å². The molecule has 25 heavy (non-hydrogen) atoms. The van der Waals surface area contributed by atoms with Crippen molar-refractivity contribution in [1.82, 2.24) is 9.97 Å². The van der Waals surface area contributed by atoms with Gasteiger partial charge in [0.2, 0.25) is 11.7 Å². The molecular formula is C20H17N3O2. The van der Waals surface area contributed by atoms with E-state index in [4.69, 9.17) is 4.74 Å². The van der Waals surface area contributed by atoms with E-state index in [2.05, 4.69) is 21.4 Å². The average molecular weight is 331 g/mol. The zero-order valence-corrected chi connectivity index (χ0v) is 14.0. The molecule has 5 nitrogen and oxygen atoms in total. The van der Waals surface area contributed by atoms with Crippen molar-refractivity contribution in [2.75, 3.05) is 5.32 Å². The Balaban J connectivity index is 1.58. The number of pyridine rings is 1. The van der Waals surface area contributed by atoms with E-state index in [0.717, 1.165) is 27.8 Å². The molecule has 0 unspecified atom stereocenters. The summed E-state index contributed by atoms with van der Waals surface area (Å²) in [4.78, 5) is 19.6. The molecule has 2 N–H and O–H groups in total. The lowest BCUT2D eigenvalue weighted by Gasteiger charge is -2.10. The summed E-state index contributed by atoms with van der Waals surface area (Å²) in [6.07, 6.45) is 6.74. The molecule has 0 aliphatic carbocycles. The monoisotopic (exact) mass is 331 g/mol. The Morgan fingerprint density at radius 1 is 1.24 bits per heavy atom. The van der Waals surface area contributed by atoms with E-state index in [-0.39, 0.29) is 11.5 Å². The molecule has 0 amide bonds. The van der Waals surface area contributed by atoms with E-state index in [1.54, 1.807) is 12.3 Å². The smallest absolute Gasteiger partial charge is 0.226 e. The van der Waals surface area contributed by atoms with Gasteiger partial charge in [0.1, 0.15) is 5.65 Å². The first-order valence-corrected chi connectivity index (χ1v) is 8.02. The highest BCUT2D eigenvalue weighted by Gasteiger charge is 2.21. The van der Waals surface area contributed by atoms with Crippen LogP contribution in [-0.2, 0) is 9.53 Å². The van der Waals surface area contributed by atoms with Crippen LogP contribution in [0, 0.1) is 13.8 Å². The largest absolute Gasteiger partial charge is 0.437 e. The maximum absolute atomic E-state index is 12.2. The maximum atomic E-state index is 12.2. The number of nitrogens with zero attached hydrogens (tertiary/aromatic N) is 1. The Bertz CT molecular complexity index is 1040. The van der Waals surface area contributed by atoms with E-state index in [1.165, 1.54) is 11.6 Å². The van der Waals surface area contributed by atoms with Gasteiger partial charge in [-0.3, -0.25) is 4.79 Å². The van der Waals surface area contributed by atoms with Crippen molar-refractivity contribution in [3.63, 3.8) is 0 Å². The number of anilines is 1. The summed E-state index contributed by atoms with van der Waals surface area (Å²) >= 11 is 0. The van der Waals surface area contributed by atoms with Crippen LogP contribution in [0.3, 0.4) is 0 Å². The van der Waals surface area contributed by atoms with Gasteiger partial charge in [-0.2, -0.15) is 0 Å². The van der Waals surface area contributed by atoms with Gasteiger partial charge in [0, 0.05) is 29.0 Å². The number of benzene rings is 1. The van der Waals surface area contributed by atoms with Gasteiger partial charge in [0.05, 0.1) is 6.08 Å². The lowest BCUT2D eigenvalue weighted by molar-refractivity contribution is -0.112. The Labute approximate surface area is 145 Å². The highest BCUT2D eigenvalue weighted by atomic mass is 16.5. The molecule has 1 aromatic carbocycles. The van der Waals surface area contributed by atoms with Crippen molar-refractivity contribution in [1.29, 1.82) is 0 Å². The zero-order chi connectivity index (χ0) is 17.4. The summed E-state index contributed by atoms with van der Waals surface area (Å²) in [6.45, 7) is 4.06. The van der Waals surface area contributed by atoms with Crippen molar-refractivity contribution in [2.24, 2.45) is 0 Å². The summed E-state index contributed by atoms with van der Waals surface area (Å²) in [5, 5.41) is 4.12. The molecule has 0 bridgehead atoms. The van der Waals surface area contributed by atoms with Gasteiger partial charge in [-0.1, -0.05) is 17.7 Å². The van der Waals surface area contributed by atoms with Gasteiger partial charge >= 0.3 is 0 Å². The molecule has 3 heterocycles. The number of hydrogen-bond donors (Lipinski definition) is 2. The number of ether oxygens (including phenoxy) is 1. The number of hydrogen-bond acceptors (Lipinski definition) is 4. The van der Waals surface area contributed by atoms with Crippen LogP contribution in [0.25, 0.3) is 17.1 Å². The summed E-state index contributed by atoms with van der Waals surface area (Å²) in [5.74, 6) is 0.559. The third-order valence-corrected chi connectivity index (χ3v) is 4.13. The average Bonchev–Trinajstić information content (AvgIpc) is 3.15. The molecule has 0 spiro atoms. The van der Waals surface area contributed by atoms with Crippen molar-refractivity contribution in [3.05, 3.63) is 77.1 Å². The van der Waals surface area contributed by atoms with E-state index in [1.807, 2.05) is 44.3 Å². The highest BCUT2D eigenvalue weighted by Crippen LogP contribution is 2.26. The molecule has 0 atom stereocenters. The number of carbonyl (C=O) groups excluding carboxylic acids is 1. The number of rotatable bonds is 3. The fourth-order valence-corrected chi connectivity index (χ4v) is 2.87. The quantitative estimate of drug-likeness (QED) is 0.710. The Morgan fingerprint density at radius 2 is 2.12 bits per heavy atom. The van der Waals surface area contributed by atoms with E-state index in [0.29, 0.717) is 5.88 Å². The van der Waals surface area contributed by atoms with Crippen LogP contribution < -0.4 is 5.32 Å². The van der Waals surface area contributed by atoms with Crippen molar-refractivity contribution in [3.8, 4) is 0 Å². The van der Waals surface area contributed by atoms with Crippen LogP contribution in [0.1, 0.15) is 16.7 Å². The molecule has 0 saturated carbocycles. The Hall–Kier alpha value is -3.34. The molecular weight excluding hydrogens is 314 g/mol. The van der Waals surface area contributed by atoms with Crippen molar-refractivity contribution < 1.29 is 9.53 Å². The number of H-pyrrole nitrogens is 1. The standard InChI is InChI=1S/C20H17N3O2/c1-12-5-6-16(13(2)8-12)23-19-10-17(24)18(25-19)9-14-11-22-20-15(14)4-3-7-21-20/h3-11,23H,1-2H3,(H,21,22)/b18-9-. The van der Waals surface area contributed by atoms with E-state index >= 15 is 0 Å². The summed E-state index contributed by atoms with van der Waals surface area (Å²) in [7, 11) is 0. The first-order valence-electron chi connectivity index (χ1n) is 8.02. The number of nitrogens with one attached hydrogen (secondary N) is 2. The topological polar surface area (TPSA) is 67.0 Å². The normalized spacial score (nSPS) is 15.5. The summed E-state index contributed by atoms with van der Waals surface area (Å²) in [6, 6.07) is 9.89. The van der Waals surface area contributed by atoms with Gasteiger partial charge in [0.15, 0.2) is 5.76 Å². The molecule has 0 fully saturated rings. The van der Waals surface area contributed by atoms with Crippen LogP contribution in [-0.4, -0.2) is 15.8 Å². The first-order chi connectivity index (χ1) is 12.1. The van der Waals surface area contributed by atoms with Gasteiger partial charge < -0.3 is 15.0 Å². The minimum atomic E-state index is -0.162. The second-order valence-corrected chi connectivity index (χ2v) is 6.07. The third-order valence-electron chi connectivity index (χ3n) is 4.13. The SMILES string of the molecule is Cc1ccc(NC2=CC(=O)/C(=C/c3c[nH]c4ncccc34)O2)c(C)c1. The van der Waals surface area contributed by atoms with Crippen LogP contribution in [0.15, 0.2) is 60.4 Å². The van der Waals surface area contributed by atoms with Crippen molar-refractivity contribution >= 4 is 28.6 Å². The number of aromatic nitrogens is 2. The minimum absolute atomic E-state index is 0.162. The number of aromatic amines is 1. The molecule has 0 saturated heterocycles. The van der Waals surface area contributed by atoms with Crippen molar-refractivity contribution in [2.45, 2.75) is 13.8 Å². The predicted octanol–water partition coefficient (Wildman–Crippen LogP) is 4.07. The van der Waals surface area contributed by atoms with Gasteiger partial charge in [0.25, 0.3) is 0 Å². The minimum Gasteiger partial charge on any atom is -0.437 e. The lowest BCUT2D eigenvalue weighted by Crippen LogP contribution is -2.01. The number of carbonyl (C=O) groups is 1. The Kier molecular flexibility index (Phi) is 3.61. The molecule has 0 radical (unpaired) electrons. The second-order valence-electron chi connectivity index (χ2n) is 6.07. The number of allylic oxidation sites excluding steroid dienone is 1. The second kappa shape index (κ2) is 5.94. The fraction of sp³-hybridized carbons (Fsp3) is 0.100. The molecule has 4 rings (SSSR count). The van der Waals surface area contributed by atoms with Gasteiger partial charge in [-0.05, 0) is 43.7 Å². The third kappa shape index (κ3) is 2.92. The summed E-state index contributed by atoms with van der Waals surface area (Å²) in [5.41, 5.74) is 4.85. The molecule has 2 aromatic heterocycles. The first kappa shape index (κ1) is 15.2. The predicted molar refractivity (Wildman–Crippen MR) is 97.8 cm³/mol. The molecule has 1 aliphatic rings. The Morgan fingerprint density at radius 3 is 2.96 bits per heavy atom. The van der Waals surface area contributed by atoms with Crippen LogP contribution in [0.4, 0.5) is 5.69 Å². The van der Waals surface area contributed by atoms with Crippen LogP contribution in [0.5, 0.6) is 0 Å². The zero-order valence-electron chi connectivity index (χ0n) is 14.0. The van der Waals surface area contributed by atoms with E-state index in [9.17, 15) is 4.79 Å². The number of ketones is 1. The molecule has 124 valence electrons. The fourth-order valence-electron chi connectivity index (χ4n) is 2.87. The molecule has 5 heteroatoms. The lowest BCUT2D eigenvalue weighted by atomic mass is 10.1. The highest BCUT2D eigenvalue weighted by molar-refractivity contribution is 6.09.